The lowest BCUT2D eigenvalue weighted by molar-refractivity contribution is -0.137. The van der Waals surface area contributed by atoms with Crippen LogP contribution in [-0.2, 0) is 17.5 Å². The molecule has 0 spiro atoms. The third kappa shape index (κ3) is 5.52. The molecule has 0 saturated carbocycles. The molecule has 2 aromatic rings. The standard InChI is InChI=1S/C19H20F3NO2/c1-3-17(25-16-9-7-13(2)8-10-16)18(24)23-12-14-5-4-6-15(11-14)19(20,21)22/h4-11,17H,3,12H2,1-2H3,(H,23,24). The smallest absolute Gasteiger partial charge is 0.416 e. The highest BCUT2D eigenvalue weighted by Gasteiger charge is 2.30. The highest BCUT2D eigenvalue weighted by atomic mass is 19.4. The van der Waals surface area contributed by atoms with Gasteiger partial charge in [-0.1, -0.05) is 36.8 Å². The molecule has 0 aliphatic rings. The Hall–Kier alpha value is -2.50. The predicted molar refractivity (Wildman–Crippen MR) is 89.2 cm³/mol. The van der Waals surface area contributed by atoms with E-state index in [0.717, 1.165) is 17.7 Å². The Bertz CT molecular complexity index is 711. The monoisotopic (exact) mass is 351 g/mol. The first-order valence-electron chi connectivity index (χ1n) is 7.96. The van der Waals surface area contributed by atoms with Crippen LogP contribution in [0.4, 0.5) is 13.2 Å². The predicted octanol–water partition coefficient (Wildman–Crippen LogP) is 4.49. The second-order valence-corrected chi connectivity index (χ2v) is 5.74. The number of amides is 1. The number of rotatable bonds is 6. The summed E-state index contributed by atoms with van der Waals surface area (Å²) in [5.74, 6) is 0.215. The number of hydrogen-bond donors (Lipinski definition) is 1. The summed E-state index contributed by atoms with van der Waals surface area (Å²) >= 11 is 0. The number of aryl methyl sites for hydroxylation is 1. The zero-order valence-corrected chi connectivity index (χ0v) is 14.1. The molecule has 3 nitrogen and oxygen atoms in total. The molecule has 0 radical (unpaired) electrons. The Kier molecular flexibility index (Phi) is 6.07. The minimum atomic E-state index is -4.40. The maximum atomic E-state index is 12.7. The number of ether oxygens (including phenoxy) is 1. The van der Waals surface area contributed by atoms with Crippen LogP contribution in [0.2, 0.25) is 0 Å². The van der Waals surface area contributed by atoms with Crippen molar-refractivity contribution in [1.82, 2.24) is 5.32 Å². The zero-order chi connectivity index (χ0) is 18.4. The Labute approximate surface area is 144 Å². The Morgan fingerprint density at radius 1 is 1.16 bits per heavy atom. The zero-order valence-electron chi connectivity index (χ0n) is 14.1. The maximum Gasteiger partial charge on any atom is 0.416 e. The largest absolute Gasteiger partial charge is 0.481 e. The van der Waals surface area contributed by atoms with Gasteiger partial charge in [0.2, 0.25) is 0 Å². The normalized spacial score (nSPS) is 12.5. The molecule has 0 aliphatic carbocycles. The molecule has 1 N–H and O–H groups in total. The fraction of sp³-hybridized carbons (Fsp3) is 0.316. The Morgan fingerprint density at radius 2 is 1.84 bits per heavy atom. The molecule has 6 heteroatoms. The third-order valence-corrected chi connectivity index (χ3v) is 3.68. The number of alkyl halides is 3. The molecule has 134 valence electrons. The highest BCUT2D eigenvalue weighted by molar-refractivity contribution is 5.81. The van der Waals surface area contributed by atoms with Crippen LogP contribution >= 0.6 is 0 Å². The molecule has 2 rings (SSSR count). The third-order valence-electron chi connectivity index (χ3n) is 3.68. The van der Waals surface area contributed by atoms with Gasteiger partial charge in [0, 0.05) is 6.54 Å². The second-order valence-electron chi connectivity index (χ2n) is 5.74. The van der Waals surface area contributed by atoms with Gasteiger partial charge in [-0.3, -0.25) is 4.79 Å². The van der Waals surface area contributed by atoms with Gasteiger partial charge in [0.1, 0.15) is 5.75 Å². The fourth-order valence-corrected chi connectivity index (χ4v) is 2.26. The molecule has 0 heterocycles. The van der Waals surface area contributed by atoms with E-state index in [1.807, 2.05) is 26.0 Å². The molecule has 0 fully saturated rings. The van der Waals surface area contributed by atoms with Gasteiger partial charge in [0.25, 0.3) is 5.91 Å². The average molecular weight is 351 g/mol. The molecule has 1 amide bonds. The lowest BCUT2D eigenvalue weighted by Gasteiger charge is -2.17. The first-order chi connectivity index (χ1) is 11.8. The summed E-state index contributed by atoms with van der Waals surface area (Å²) < 4.78 is 43.8. The van der Waals surface area contributed by atoms with Crippen molar-refractivity contribution in [3.8, 4) is 5.75 Å². The van der Waals surface area contributed by atoms with E-state index in [2.05, 4.69) is 5.32 Å². The topological polar surface area (TPSA) is 38.3 Å². The van der Waals surface area contributed by atoms with Gasteiger partial charge in [0.15, 0.2) is 6.10 Å². The van der Waals surface area contributed by atoms with Crippen molar-refractivity contribution >= 4 is 5.91 Å². The van der Waals surface area contributed by atoms with Crippen LogP contribution in [0, 0.1) is 6.92 Å². The van der Waals surface area contributed by atoms with Crippen LogP contribution in [0.3, 0.4) is 0 Å². The van der Waals surface area contributed by atoms with Gasteiger partial charge in [-0.25, -0.2) is 0 Å². The van der Waals surface area contributed by atoms with E-state index >= 15 is 0 Å². The number of hydrogen-bond acceptors (Lipinski definition) is 2. The molecule has 1 unspecified atom stereocenters. The van der Waals surface area contributed by atoms with E-state index < -0.39 is 17.8 Å². The number of carbonyl (C=O) groups is 1. The van der Waals surface area contributed by atoms with Crippen molar-refractivity contribution in [1.29, 1.82) is 0 Å². The lowest BCUT2D eigenvalue weighted by Crippen LogP contribution is -2.37. The number of nitrogens with one attached hydrogen (secondary N) is 1. The minimum absolute atomic E-state index is 0.0104. The minimum Gasteiger partial charge on any atom is -0.481 e. The molecular formula is C19H20F3NO2. The van der Waals surface area contributed by atoms with Crippen LogP contribution in [0.15, 0.2) is 48.5 Å². The molecule has 25 heavy (non-hydrogen) atoms. The van der Waals surface area contributed by atoms with Crippen LogP contribution in [0.25, 0.3) is 0 Å². The molecule has 0 bridgehead atoms. The van der Waals surface area contributed by atoms with Gasteiger partial charge in [-0.05, 0) is 43.2 Å². The van der Waals surface area contributed by atoms with Crippen LogP contribution in [-0.4, -0.2) is 12.0 Å². The van der Waals surface area contributed by atoms with Gasteiger partial charge < -0.3 is 10.1 Å². The van der Waals surface area contributed by atoms with Gasteiger partial charge >= 0.3 is 6.18 Å². The summed E-state index contributed by atoms with van der Waals surface area (Å²) in [7, 11) is 0. The molecule has 0 saturated heterocycles. The summed E-state index contributed by atoms with van der Waals surface area (Å²) in [5.41, 5.74) is 0.727. The van der Waals surface area contributed by atoms with Gasteiger partial charge in [0.05, 0.1) is 5.56 Å². The molecule has 0 aromatic heterocycles. The van der Waals surface area contributed by atoms with Crippen LogP contribution in [0.5, 0.6) is 5.75 Å². The van der Waals surface area contributed by atoms with E-state index in [-0.39, 0.29) is 12.5 Å². The summed E-state index contributed by atoms with van der Waals surface area (Å²) in [4.78, 5) is 12.2. The van der Waals surface area contributed by atoms with Crippen molar-refractivity contribution in [2.75, 3.05) is 0 Å². The second kappa shape index (κ2) is 8.05. The highest BCUT2D eigenvalue weighted by Crippen LogP contribution is 2.29. The number of benzene rings is 2. The summed E-state index contributed by atoms with van der Waals surface area (Å²) in [6.45, 7) is 3.77. The van der Waals surface area contributed by atoms with E-state index in [4.69, 9.17) is 4.74 Å². The van der Waals surface area contributed by atoms with Gasteiger partial charge in [-0.15, -0.1) is 0 Å². The SMILES string of the molecule is CCC(Oc1ccc(C)cc1)C(=O)NCc1cccc(C(F)(F)F)c1. The number of carbonyl (C=O) groups excluding carboxylic acids is 1. The van der Waals surface area contributed by atoms with Crippen molar-refractivity contribution in [3.63, 3.8) is 0 Å². The van der Waals surface area contributed by atoms with E-state index in [1.165, 1.54) is 12.1 Å². The first-order valence-corrected chi connectivity index (χ1v) is 7.96. The fourth-order valence-electron chi connectivity index (χ4n) is 2.26. The van der Waals surface area contributed by atoms with Crippen LogP contribution < -0.4 is 10.1 Å². The Morgan fingerprint density at radius 3 is 2.44 bits per heavy atom. The van der Waals surface area contributed by atoms with E-state index in [9.17, 15) is 18.0 Å². The van der Waals surface area contributed by atoms with Crippen LogP contribution in [0.1, 0.15) is 30.0 Å². The quantitative estimate of drug-likeness (QED) is 0.833. The van der Waals surface area contributed by atoms with Gasteiger partial charge in [-0.2, -0.15) is 13.2 Å². The molecular weight excluding hydrogens is 331 g/mol. The van der Waals surface area contributed by atoms with E-state index in [0.29, 0.717) is 17.7 Å². The summed E-state index contributed by atoms with van der Waals surface area (Å²) in [5, 5.41) is 2.63. The first kappa shape index (κ1) is 18.8. The lowest BCUT2D eigenvalue weighted by atomic mass is 10.1. The summed E-state index contributed by atoms with van der Waals surface area (Å²) in [6, 6.07) is 12.2. The molecule has 0 aliphatic heterocycles. The average Bonchev–Trinajstić information content (AvgIpc) is 2.58. The number of halogens is 3. The van der Waals surface area contributed by atoms with Crippen molar-refractivity contribution in [3.05, 3.63) is 65.2 Å². The van der Waals surface area contributed by atoms with Crippen molar-refractivity contribution in [2.45, 2.75) is 39.1 Å². The molecule has 2 aromatic carbocycles. The summed E-state index contributed by atoms with van der Waals surface area (Å²) in [6.07, 6.45) is -4.66. The Balaban J connectivity index is 1.97. The molecule has 1 atom stereocenters. The van der Waals surface area contributed by atoms with Crippen molar-refractivity contribution < 1.29 is 22.7 Å². The maximum absolute atomic E-state index is 12.7. The van der Waals surface area contributed by atoms with Crippen molar-refractivity contribution in [2.24, 2.45) is 0 Å². The van der Waals surface area contributed by atoms with E-state index in [1.54, 1.807) is 12.1 Å².